The number of likely N-dealkylation sites (tertiary alicyclic amines) is 1. The van der Waals surface area contributed by atoms with Crippen LogP contribution in [0.1, 0.15) is 44.6 Å². The lowest BCUT2D eigenvalue weighted by molar-refractivity contribution is -0.116. The smallest absolute Gasteiger partial charge is 0.225 e. The van der Waals surface area contributed by atoms with Gasteiger partial charge < -0.3 is 20.9 Å². The summed E-state index contributed by atoms with van der Waals surface area (Å²) in [7, 11) is 0. The Kier molecular flexibility index (Phi) is 9.50. The minimum absolute atomic E-state index is 0. The number of rotatable bonds is 6. The molecule has 7 heteroatoms. The molecule has 1 fully saturated rings. The molecule has 2 aliphatic heterocycles. The Balaban J connectivity index is 0.00000280. The summed E-state index contributed by atoms with van der Waals surface area (Å²) in [5.74, 6) is 1.75. The number of hydrogen-bond acceptors (Lipinski definition) is 3. The van der Waals surface area contributed by atoms with Crippen molar-refractivity contribution < 1.29 is 4.79 Å². The van der Waals surface area contributed by atoms with Gasteiger partial charge in [-0.2, -0.15) is 0 Å². The number of aliphatic imine (C=N–C) groups is 1. The van der Waals surface area contributed by atoms with Gasteiger partial charge in [-0.3, -0.25) is 9.79 Å². The average Bonchev–Trinajstić information content (AvgIpc) is 2.70. The number of halogens is 1. The number of piperidine rings is 1. The first-order valence-electron chi connectivity index (χ1n) is 10.3. The van der Waals surface area contributed by atoms with Gasteiger partial charge in [0.05, 0.1) is 0 Å². The first kappa shape index (κ1) is 22.9. The minimum Gasteiger partial charge on any atom is -0.357 e. The number of para-hydroxylation sites is 1. The number of carbonyl (C=O) groups excluding carboxylic acids is 1. The molecule has 0 radical (unpaired) electrons. The molecule has 0 bridgehead atoms. The summed E-state index contributed by atoms with van der Waals surface area (Å²) in [6.07, 6.45) is 3.04. The van der Waals surface area contributed by atoms with E-state index >= 15 is 0 Å². The lowest BCUT2D eigenvalue weighted by atomic mass is 9.90. The predicted octanol–water partition coefficient (Wildman–Crippen LogP) is 3.02. The number of nitrogens with one attached hydrogen (secondary N) is 3. The van der Waals surface area contributed by atoms with Crippen molar-refractivity contribution >= 4 is 41.5 Å². The van der Waals surface area contributed by atoms with Crippen molar-refractivity contribution in [2.24, 2.45) is 10.9 Å². The maximum absolute atomic E-state index is 12.0. The van der Waals surface area contributed by atoms with E-state index in [0.717, 1.165) is 37.8 Å². The number of amides is 1. The summed E-state index contributed by atoms with van der Waals surface area (Å²) in [6.45, 7) is 10.2. The van der Waals surface area contributed by atoms with Crippen molar-refractivity contribution in [3.05, 3.63) is 29.8 Å². The fraction of sp³-hybridized carbons (Fsp3) is 0.619. The quantitative estimate of drug-likeness (QED) is 0.320. The van der Waals surface area contributed by atoms with Crippen LogP contribution in [0, 0.1) is 5.92 Å². The van der Waals surface area contributed by atoms with Gasteiger partial charge in [0, 0.05) is 44.2 Å². The molecule has 0 saturated carbocycles. The average molecular weight is 499 g/mol. The Morgan fingerprint density at radius 1 is 1.29 bits per heavy atom. The normalized spacial score (nSPS) is 22.6. The third kappa shape index (κ3) is 6.34. The van der Waals surface area contributed by atoms with Crippen LogP contribution in [0.5, 0.6) is 0 Å². The van der Waals surface area contributed by atoms with Crippen LogP contribution in [0.4, 0.5) is 5.69 Å². The van der Waals surface area contributed by atoms with Crippen molar-refractivity contribution in [1.29, 1.82) is 0 Å². The van der Waals surface area contributed by atoms with Gasteiger partial charge in [-0.1, -0.05) is 25.1 Å². The van der Waals surface area contributed by atoms with E-state index < -0.39 is 0 Å². The highest BCUT2D eigenvalue weighted by molar-refractivity contribution is 14.0. The number of guanidine groups is 1. The molecule has 0 aromatic heterocycles. The molecule has 156 valence electrons. The molecule has 6 nitrogen and oxygen atoms in total. The fourth-order valence-corrected chi connectivity index (χ4v) is 4.05. The Hall–Kier alpha value is -1.35. The van der Waals surface area contributed by atoms with Gasteiger partial charge in [0.15, 0.2) is 5.96 Å². The standard InChI is InChI=1S/C21H33N5O.HI/c1-3-22-21(23-13-16-8-7-11-26(4-2)15-16)24-14-17-12-20(27)25-19-10-6-5-9-18(17)19;/h5-6,9-10,16-17H,3-4,7-8,11-15H2,1-2H3,(H,25,27)(H2,22,23,24);1H. The fourth-order valence-electron chi connectivity index (χ4n) is 4.05. The largest absolute Gasteiger partial charge is 0.357 e. The molecule has 2 atom stereocenters. The van der Waals surface area contributed by atoms with Crippen molar-refractivity contribution in [3.8, 4) is 0 Å². The second-order valence-electron chi connectivity index (χ2n) is 7.54. The summed E-state index contributed by atoms with van der Waals surface area (Å²) in [4.78, 5) is 19.4. The Morgan fingerprint density at radius 3 is 2.89 bits per heavy atom. The number of fused-ring (bicyclic) bond motifs is 1. The molecule has 2 aliphatic rings. The summed E-state index contributed by atoms with van der Waals surface area (Å²) >= 11 is 0. The Bertz CT molecular complexity index is 666. The van der Waals surface area contributed by atoms with Crippen LogP contribution in [-0.2, 0) is 4.79 Å². The zero-order chi connectivity index (χ0) is 19.1. The zero-order valence-electron chi connectivity index (χ0n) is 17.0. The van der Waals surface area contributed by atoms with E-state index in [1.165, 1.54) is 24.9 Å². The van der Waals surface area contributed by atoms with E-state index in [4.69, 9.17) is 4.99 Å². The zero-order valence-corrected chi connectivity index (χ0v) is 19.4. The number of nitrogens with zero attached hydrogens (tertiary/aromatic N) is 2. The van der Waals surface area contributed by atoms with Gasteiger partial charge in [0.1, 0.15) is 0 Å². The maximum atomic E-state index is 12.0. The monoisotopic (exact) mass is 499 g/mol. The van der Waals surface area contributed by atoms with E-state index in [-0.39, 0.29) is 35.8 Å². The number of carbonyl (C=O) groups is 1. The molecule has 3 N–H and O–H groups in total. The van der Waals surface area contributed by atoms with Crippen LogP contribution in [0.25, 0.3) is 0 Å². The lowest BCUT2D eigenvalue weighted by Gasteiger charge is -2.31. The molecule has 0 aliphatic carbocycles. The highest BCUT2D eigenvalue weighted by atomic mass is 127. The third-order valence-corrected chi connectivity index (χ3v) is 5.52. The number of benzene rings is 1. The SMILES string of the molecule is CCNC(=NCC1CCCN(CC)C1)NCC1CC(=O)Nc2ccccc21.I. The molecule has 3 rings (SSSR count). The van der Waals surface area contributed by atoms with Crippen LogP contribution in [0.15, 0.2) is 29.3 Å². The highest BCUT2D eigenvalue weighted by Gasteiger charge is 2.25. The second-order valence-corrected chi connectivity index (χ2v) is 7.54. The van der Waals surface area contributed by atoms with Crippen LogP contribution < -0.4 is 16.0 Å². The summed E-state index contributed by atoms with van der Waals surface area (Å²) in [5, 5.41) is 9.77. The third-order valence-electron chi connectivity index (χ3n) is 5.52. The van der Waals surface area contributed by atoms with Gasteiger partial charge in [-0.15, -0.1) is 24.0 Å². The molecule has 1 amide bonds. The Labute approximate surface area is 186 Å². The van der Waals surface area contributed by atoms with Crippen molar-refractivity contribution in [2.45, 2.75) is 39.0 Å². The summed E-state index contributed by atoms with van der Waals surface area (Å²) < 4.78 is 0. The van der Waals surface area contributed by atoms with Gasteiger partial charge in [0.2, 0.25) is 5.91 Å². The molecular formula is C21H34IN5O. The molecular weight excluding hydrogens is 465 g/mol. The minimum atomic E-state index is 0. The first-order chi connectivity index (χ1) is 13.2. The van der Waals surface area contributed by atoms with Crippen LogP contribution >= 0.6 is 24.0 Å². The van der Waals surface area contributed by atoms with E-state index in [1.807, 2.05) is 18.2 Å². The summed E-state index contributed by atoms with van der Waals surface area (Å²) in [6, 6.07) is 8.07. The second kappa shape index (κ2) is 11.6. The van der Waals surface area contributed by atoms with Gasteiger partial charge in [-0.25, -0.2) is 0 Å². The van der Waals surface area contributed by atoms with Crippen molar-refractivity contribution in [3.63, 3.8) is 0 Å². The molecule has 1 aromatic carbocycles. The molecule has 28 heavy (non-hydrogen) atoms. The molecule has 2 unspecified atom stereocenters. The molecule has 1 aromatic rings. The molecule has 0 spiro atoms. The van der Waals surface area contributed by atoms with Gasteiger partial charge >= 0.3 is 0 Å². The Morgan fingerprint density at radius 2 is 2.11 bits per heavy atom. The lowest BCUT2D eigenvalue weighted by Crippen LogP contribution is -2.42. The van der Waals surface area contributed by atoms with E-state index in [0.29, 0.717) is 18.9 Å². The first-order valence-corrected chi connectivity index (χ1v) is 10.3. The van der Waals surface area contributed by atoms with Crippen molar-refractivity contribution in [1.82, 2.24) is 15.5 Å². The van der Waals surface area contributed by atoms with E-state index in [2.05, 4.69) is 40.8 Å². The van der Waals surface area contributed by atoms with Crippen LogP contribution in [-0.4, -0.2) is 56.0 Å². The molecule has 1 saturated heterocycles. The van der Waals surface area contributed by atoms with Gasteiger partial charge in [0.25, 0.3) is 0 Å². The summed E-state index contributed by atoms with van der Waals surface area (Å²) in [5.41, 5.74) is 2.13. The number of anilines is 1. The maximum Gasteiger partial charge on any atom is 0.225 e. The predicted molar refractivity (Wildman–Crippen MR) is 127 cm³/mol. The van der Waals surface area contributed by atoms with E-state index in [9.17, 15) is 4.79 Å². The highest BCUT2D eigenvalue weighted by Crippen LogP contribution is 2.31. The van der Waals surface area contributed by atoms with Crippen molar-refractivity contribution in [2.75, 3.05) is 44.6 Å². The molecule has 2 heterocycles. The van der Waals surface area contributed by atoms with E-state index in [1.54, 1.807) is 0 Å². The van der Waals surface area contributed by atoms with Gasteiger partial charge in [-0.05, 0) is 50.4 Å². The van der Waals surface area contributed by atoms with Crippen LogP contribution in [0.3, 0.4) is 0 Å². The van der Waals surface area contributed by atoms with Crippen LogP contribution in [0.2, 0.25) is 0 Å². The number of hydrogen-bond donors (Lipinski definition) is 3. The topological polar surface area (TPSA) is 68.8 Å².